The summed E-state index contributed by atoms with van der Waals surface area (Å²) in [5.74, 6) is -0.333. The van der Waals surface area contributed by atoms with Crippen LogP contribution in [-0.4, -0.2) is 49.7 Å². The van der Waals surface area contributed by atoms with Crippen molar-refractivity contribution in [1.29, 1.82) is 0 Å². The van der Waals surface area contributed by atoms with Crippen LogP contribution in [0.2, 0.25) is 0 Å². The molecule has 6 nitrogen and oxygen atoms in total. The highest BCUT2D eigenvalue weighted by Gasteiger charge is 2.29. The molecule has 1 heterocycles. The normalized spacial score (nSPS) is 15.4. The predicted molar refractivity (Wildman–Crippen MR) is 126 cm³/mol. The Kier molecular flexibility index (Phi) is 6.69. The fourth-order valence-electron chi connectivity index (χ4n) is 3.84. The Morgan fingerprint density at radius 2 is 1.59 bits per heavy atom. The topological polar surface area (TPSA) is 69.7 Å². The summed E-state index contributed by atoms with van der Waals surface area (Å²) >= 11 is 0. The number of anilines is 1. The van der Waals surface area contributed by atoms with Crippen molar-refractivity contribution in [3.63, 3.8) is 0 Å². The van der Waals surface area contributed by atoms with E-state index in [9.17, 15) is 13.2 Å². The minimum Gasteiger partial charge on any atom is -0.322 e. The highest BCUT2D eigenvalue weighted by Crippen LogP contribution is 2.20. The maximum absolute atomic E-state index is 13.2. The molecular weight excluding hydrogens is 422 g/mol. The van der Waals surface area contributed by atoms with Gasteiger partial charge in [-0.25, -0.2) is 8.42 Å². The third kappa shape index (κ3) is 5.24. The Hall–Kier alpha value is -3.00. The van der Waals surface area contributed by atoms with E-state index in [2.05, 4.69) is 22.3 Å². The number of aryl methyl sites for hydroxylation is 1. The summed E-state index contributed by atoms with van der Waals surface area (Å²) < 4.78 is 27.9. The van der Waals surface area contributed by atoms with Crippen molar-refractivity contribution in [3.05, 3.63) is 95.6 Å². The minimum absolute atomic E-state index is 0.144. The van der Waals surface area contributed by atoms with Gasteiger partial charge in [0.05, 0.1) is 4.90 Å². The van der Waals surface area contributed by atoms with Crippen molar-refractivity contribution in [2.24, 2.45) is 0 Å². The number of nitrogens with zero attached hydrogens (tertiary/aromatic N) is 2. The molecule has 1 aliphatic heterocycles. The maximum atomic E-state index is 13.2. The molecule has 0 atom stereocenters. The number of nitrogens with one attached hydrogen (secondary N) is 1. The lowest BCUT2D eigenvalue weighted by molar-refractivity contribution is 0.102. The third-order valence-corrected chi connectivity index (χ3v) is 7.48. The van der Waals surface area contributed by atoms with E-state index in [4.69, 9.17) is 0 Å². The zero-order chi connectivity index (χ0) is 22.6. The molecule has 1 N–H and O–H groups in total. The number of carbonyl (C=O) groups excluding carboxylic acids is 1. The second-order valence-electron chi connectivity index (χ2n) is 8.02. The molecule has 7 heteroatoms. The number of benzene rings is 3. The van der Waals surface area contributed by atoms with E-state index in [1.807, 2.05) is 43.3 Å². The number of carbonyl (C=O) groups is 1. The van der Waals surface area contributed by atoms with Gasteiger partial charge in [-0.3, -0.25) is 9.69 Å². The van der Waals surface area contributed by atoms with Gasteiger partial charge in [0.2, 0.25) is 10.0 Å². The minimum atomic E-state index is -3.67. The molecule has 4 rings (SSSR count). The lowest BCUT2D eigenvalue weighted by Gasteiger charge is -2.34. The number of piperazine rings is 1. The molecule has 3 aromatic rings. The van der Waals surface area contributed by atoms with Crippen LogP contribution < -0.4 is 5.32 Å². The highest BCUT2D eigenvalue weighted by atomic mass is 32.2. The average molecular weight is 450 g/mol. The first-order valence-electron chi connectivity index (χ1n) is 10.7. The summed E-state index contributed by atoms with van der Waals surface area (Å²) in [7, 11) is -3.67. The van der Waals surface area contributed by atoms with Gasteiger partial charge in [-0.05, 0) is 48.4 Å². The highest BCUT2D eigenvalue weighted by molar-refractivity contribution is 7.89. The molecule has 0 spiro atoms. The Labute approximate surface area is 189 Å². The molecule has 0 saturated carbocycles. The number of hydrogen-bond donors (Lipinski definition) is 1. The predicted octanol–water partition coefficient (Wildman–Crippen LogP) is 3.75. The van der Waals surface area contributed by atoms with Crippen LogP contribution in [-0.2, 0) is 16.6 Å². The molecule has 166 valence electrons. The van der Waals surface area contributed by atoms with Gasteiger partial charge in [-0.1, -0.05) is 48.5 Å². The molecule has 1 aliphatic rings. The van der Waals surface area contributed by atoms with Crippen molar-refractivity contribution < 1.29 is 13.2 Å². The summed E-state index contributed by atoms with van der Waals surface area (Å²) in [5.41, 5.74) is 3.25. The van der Waals surface area contributed by atoms with Crippen LogP contribution >= 0.6 is 0 Å². The van der Waals surface area contributed by atoms with Crippen LogP contribution in [0.25, 0.3) is 0 Å². The smallest absolute Gasteiger partial charge is 0.255 e. The van der Waals surface area contributed by atoms with Gasteiger partial charge in [0.25, 0.3) is 5.91 Å². The van der Waals surface area contributed by atoms with Gasteiger partial charge in [0.15, 0.2) is 0 Å². The molecule has 0 unspecified atom stereocenters. The zero-order valence-corrected chi connectivity index (χ0v) is 18.9. The van der Waals surface area contributed by atoms with E-state index in [-0.39, 0.29) is 10.8 Å². The second-order valence-corrected chi connectivity index (χ2v) is 9.96. The van der Waals surface area contributed by atoms with Crippen molar-refractivity contribution in [1.82, 2.24) is 9.21 Å². The summed E-state index contributed by atoms with van der Waals surface area (Å²) in [6, 6.07) is 23.9. The van der Waals surface area contributed by atoms with Gasteiger partial charge < -0.3 is 5.32 Å². The van der Waals surface area contributed by atoms with E-state index in [0.29, 0.717) is 37.4 Å². The monoisotopic (exact) mass is 449 g/mol. The fourth-order valence-corrected chi connectivity index (χ4v) is 5.31. The van der Waals surface area contributed by atoms with E-state index in [1.54, 1.807) is 24.3 Å². The van der Waals surface area contributed by atoms with Crippen LogP contribution in [0.4, 0.5) is 5.69 Å². The van der Waals surface area contributed by atoms with Crippen LogP contribution in [0.1, 0.15) is 21.5 Å². The summed E-state index contributed by atoms with van der Waals surface area (Å²) in [5, 5.41) is 2.83. The summed E-state index contributed by atoms with van der Waals surface area (Å²) in [6.07, 6.45) is 0. The average Bonchev–Trinajstić information content (AvgIpc) is 2.80. The van der Waals surface area contributed by atoms with Crippen LogP contribution in [0, 0.1) is 6.92 Å². The number of rotatable bonds is 6. The van der Waals surface area contributed by atoms with Crippen molar-refractivity contribution >= 4 is 21.6 Å². The molecule has 1 fully saturated rings. The molecule has 32 heavy (non-hydrogen) atoms. The Balaban J connectivity index is 1.42. The maximum Gasteiger partial charge on any atom is 0.255 e. The van der Waals surface area contributed by atoms with Crippen molar-refractivity contribution in [2.75, 3.05) is 31.5 Å². The van der Waals surface area contributed by atoms with Gasteiger partial charge in [-0.15, -0.1) is 0 Å². The largest absolute Gasteiger partial charge is 0.322 e. The van der Waals surface area contributed by atoms with E-state index in [1.165, 1.54) is 15.9 Å². The standard InChI is InChI=1S/C25H27N3O3S/c1-20-7-5-11-23(17-20)26-25(29)22-10-6-12-24(18-22)32(30,31)28-15-13-27(14-16-28)19-21-8-3-2-4-9-21/h2-12,17-18H,13-16,19H2,1H3,(H,26,29). The van der Waals surface area contributed by atoms with E-state index >= 15 is 0 Å². The van der Waals surface area contributed by atoms with E-state index in [0.717, 1.165) is 12.1 Å². The van der Waals surface area contributed by atoms with Crippen molar-refractivity contribution in [3.8, 4) is 0 Å². The third-order valence-electron chi connectivity index (χ3n) is 5.59. The van der Waals surface area contributed by atoms with Crippen LogP contribution in [0.15, 0.2) is 83.8 Å². The molecule has 0 radical (unpaired) electrons. The second kappa shape index (κ2) is 9.65. The molecule has 0 aliphatic carbocycles. The first kappa shape index (κ1) is 22.2. The molecule has 0 aromatic heterocycles. The molecular formula is C25H27N3O3S. The molecule has 1 amide bonds. The van der Waals surface area contributed by atoms with Crippen molar-refractivity contribution in [2.45, 2.75) is 18.4 Å². The van der Waals surface area contributed by atoms with Gasteiger partial charge in [0, 0.05) is 44.0 Å². The van der Waals surface area contributed by atoms with Crippen LogP contribution in [0.5, 0.6) is 0 Å². The van der Waals surface area contributed by atoms with E-state index < -0.39 is 10.0 Å². The molecule has 1 saturated heterocycles. The number of hydrogen-bond acceptors (Lipinski definition) is 4. The first-order chi connectivity index (χ1) is 15.4. The quantitative estimate of drug-likeness (QED) is 0.622. The van der Waals surface area contributed by atoms with Gasteiger partial charge in [-0.2, -0.15) is 4.31 Å². The van der Waals surface area contributed by atoms with Gasteiger partial charge >= 0.3 is 0 Å². The Morgan fingerprint density at radius 3 is 2.31 bits per heavy atom. The Morgan fingerprint density at radius 1 is 0.875 bits per heavy atom. The SMILES string of the molecule is Cc1cccc(NC(=O)c2cccc(S(=O)(=O)N3CCN(Cc4ccccc4)CC3)c2)c1. The Bertz CT molecular complexity index is 1190. The first-order valence-corrected chi connectivity index (χ1v) is 12.1. The summed E-state index contributed by atoms with van der Waals surface area (Å²) in [4.78, 5) is 15.1. The zero-order valence-electron chi connectivity index (χ0n) is 18.1. The fraction of sp³-hybridized carbons (Fsp3) is 0.240. The molecule has 0 bridgehead atoms. The van der Waals surface area contributed by atoms with Gasteiger partial charge in [0.1, 0.15) is 0 Å². The number of sulfonamides is 1. The molecule has 3 aromatic carbocycles. The summed E-state index contributed by atoms with van der Waals surface area (Å²) in [6.45, 7) is 4.94. The number of amides is 1. The lowest BCUT2D eigenvalue weighted by atomic mass is 10.2. The lowest BCUT2D eigenvalue weighted by Crippen LogP contribution is -2.48. The van der Waals surface area contributed by atoms with Crippen LogP contribution in [0.3, 0.4) is 0 Å².